The van der Waals surface area contributed by atoms with Gasteiger partial charge in [0.1, 0.15) is 11.2 Å². The van der Waals surface area contributed by atoms with Crippen LogP contribution >= 0.6 is 11.3 Å². The minimum atomic E-state index is -0.104. The first kappa shape index (κ1) is 36.5. The fraction of sp³-hybridized carbons (Fsp3) is 0.100. The molecule has 63 heavy (non-hydrogen) atoms. The maximum absolute atomic E-state index is 6.71. The van der Waals surface area contributed by atoms with Crippen LogP contribution in [0, 0.1) is 0 Å². The molecular formula is C60H43NOS. The molecule has 13 rings (SSSR count). The number of furan rings is 1. The van der Waals surface area contributed by atoms with E-state index in [4.69, 9.17) is 4.42 Å². The van der Waals surface area contributed by atoms with Crippen LogP contribution < -0.4 is 4.90 Å². The lowest BCUT2D eigenvalue weighted by Gasteiger charge is -2.27. The largest absolute Gasteiger partial charge is 0.456 e. The van der Waals surface area contributed by atoms with E-state index in [9.17, 15) is 0 Å². The van der Waals surface area contributed by atoms with Gasteiger partial charge in [0.25, 0.3) is 0 Å². The first-order chi connectivity index (χ1) is 30.7. The molecule has 9 aromatic carbocycles. The van der Waals surface area contributed by atoms with Crippen molar-refractivity contribution in [3.63, 3.8) is 0 Å². The summed E-state index contributed by atoms with van der Waals surface area (Å²) in [6, 6.07) is 70.0. The number of hydrogen-bond donors (Lipinski definition) is 0. The molecule has 0 aliphatic heterocycles. The lowest BCUT2D eigenvalue weighted by molar-refractivity contribution is 0.647. The standard InChI is InChI=1S/C60H43NOS/c1-59(2)51-19-11-8-16-42(51)46-30-37(22-27-53(46)59)45-31-38(23-26-41(45)36-14-6-5-7-15-36)61(40-25-29-58-50(33-40)44-18-10-13-21-57(44)63-58)39-24-28-55-48(32-39)49-34-47-43-17-9-12-20-52(43)60(3,4)54(47)35-56(49)62-55/h5-35H,1-4H3. The second-order valence-electron chi connectivity index (χ2n) is 18.5. The van der Waals surface area contributed by atoms with Crippen LogP contribution in [-0.2, 0) is 10.8 Å². The Morgan fingerprint density at radius 3 is 1.73 bits per heavy atom. The third kappa shape index (κ3) is 5.30. The number of thiophene rings is 1. The normalized spacial score (nSPS) is 14.3. The van der Waals surface area contributed by atoms with Crippen molar-refractivity contribution >= 4 is 70.5 Å². The maximum Gasteiger partial charge on any atom is 0.135 e. The average Bonchev–Trinajstić information content (AvgIpc) is 4.00. The first-order valence-electron chi connectivity index (χ1n) is 22.0. The van der Waals surface area contributed by atoms with Gasteiger partial charge in [-0.3, -0.25) is 0 Å². The van der Waals surface area contributed by atoms with Crippen LogP contribution in [0.5, 0.6) is 0 Å². The second kappa shape index (κ2) is 13.2. The number of nitrogens with zero attached hydrogens (tertiary/aromatic N) is 1. The van der Waals surface area contributed by atoms with Crippen molar-refractivity contribution < 1.29 is 4.42 Å². The third-order valence-electron chi connectivity index (χ3n) is 14.3. The monoisotopic (exact) mass is 825 g/mol. The van der Waals surface area contributed by atoms with Gasteiger partial charge >= 0.3 is 0 Å². The van der Waals surface area contributed by atoms with Crippen molar-refractivity contribution in [2.75, 3.05) is 4.90 Å². The van der Waals surface area contributed by atoms with Gasteiger partial charge in [-0.1, -0.05) is 143 Å². The molecule has 0 radical (unpaired) electrons. The Kier molecular flexibility index (Phi) is 7.61. The highest BCUT2D eigenvalue weighted by Crippen LogP contribution is 2.53. The molecule has 2 heterocycles. The van der Waals surface area contributed by atoms with Gasteiger partial charge in [0.2, 0.25) is 0 Å². The molecule has 0 unspecified atom stereocenters. The van der Waals surface area contributed by atoms with Gasteiger partial charge in [0, 0.05) is 58.8 Å². The molecule has 0 saturated heterocycles. The topological polar surface area (TPSA) is 16.4 Å². The van der Waals surface area contributed by atoms with E-state index in [-0.39, 0.29) is 10.8 Å². The highest BCUT2D eigenvalue weighted by molar-refractivity contribution is 7.25. The van der Waals surface area contributed by atoms with Crippen LogP contribution in [0.25, 0.3) is 86.6 Å². The smallest absolute Gasteiger partial charge is 0.135 e. The molecule has 0 bridgehead atoms. The fourth-order valence-electron chi connectivity index (χ4n) is 11.1. The summed E-state index contributed by atoms with van der Waals surface area (Å²) in [6.45, 7) is 9.36. The molecule has 11 aromatic rings. The van der Waals surface area contributed by atoms with Crippen molar-refractivity contribution in [1.82, 2.24) is 0 Å². The molecule has 2 aromatic heterocycles. The summed E-state index contributed by atoms with van der Waals surface area (Å²) in [5.41, 5.74) is 20.4. The predicted molar refractivity (Wildman–Crippen MR) is 267 cm³/mol. The number of fused-ring (bicyclic) bond motifs is 12. The summed E-state index contributed by atoms with van der Waals surface area (Å²) in [4.78, 5) is 2.44. The number of anilines is 3. The van der Waals surface area contributed by atoms with Crippen LogP contribution in [0.4, 0.5) is 17.1 Å². The van der Waals surface area contributed by atoms with Crippen molar-refractivity contribution in [3.05, 3.63) is 210 Å². The highest BCUT2D eigenvalue weighted by Gasteiger charge is 2.37. The lowest BCUT2D eigenvalue weighted by Crippen LogP contribution is -2.14. The van der Waals surface area contributed by atoms with Crippen LogP contribution in [0.2, 0.25) is 0 Å². The van der Waals surface area contributed by atoms with Crippen LogP contribution in [-0.4, -0.2) is 0 Å². The minimum Gasteiger partial charge on any atom is -0.456 e. The molecule has 0 spiro atoms. The quantitative estimate of drug-likeness (QED) is 0.172. The summed E-state index contributed by atoms with van der Waals surface area (Å²) >= 11 is 1.86. The Hall–Kier alpha value is -7.20. The summed E-state index contributed by atoms with van der Waals surface area (Å²) in [6.07, 6.45) is 0. The zero-order valence-corrected chi connectivity index (χ0v) is 36.5. The van der Waals surface area contributed by atoms with E-state index in [1.165, 1.54) is 86.9 Å². The lowest BCUT2D eigenvalue weighted by atomic mass is 9.82. The Morgan fingerprint density at radius 2 is 0.937 bits per heavy atom. The summed E-state index contributed by atoms with van der Waals surface area (Å²) in [5, 5.41) is 4.80. The van der Waals surface area contributed by atoms with E-state index < -0.39 is 0 Å². The van der Waals surface area contributed by atoms with E-state index in [1.807, 2.05) is 11.3 Å². The van der Waals surface area contributed by atoms with Gasteiger partial charge in [-0.2, -0.15) is 0 Å². The zero-order chi connectivity index (χ0) is 42.2. The predicted octanol–water partition coefficient (Wildman–Crippen LogP) is 17.4. The maximum atomic E-state index is 6.71. The summed E-state index contributed by atoms with van der Waals surface area (Å²) in [7, 11) is 0. The van der Waals surface area contributed by atoms with Crippen molar-refractivity contribution in [3.8, 4) is 44.5 Å². The van der Waals surface area contributed by atoms with E-state index >= 15 is 0 Å². The zero-order valence-electron chi connectivity index (χ0n) is 35.7. The molecule has 3 heteroatoms. The van der Waals surface area contributed by atoms with E-state index in [1.54, 1.807) is 0 Å². The average molecular weight is 826 g/mol. The number of rotatable bonds is 5. The van der Waals surface area contributed by atoms with Crippen LogP contribution in [0.3, 0.4) is 0 Å². The Morgan fingerprint density at radius 1 is 0.349 bits per heavy atom. The van der Waals surface area contributed by atoms with E-state index in [0.717, 1.165) is 39.0 Å². The number of benzene rings is 9. The van der Waals surface area contributed by atoms with Crippen LogP contribution in [0.1, 0.15) is 49.9 Å². The first-order valence-corrected chi connectivity index (χ1v) is 22.8. The van der Waals surface area contributed by atoms with Gasteiger partial charge in [-0.25, -0.2) is 0 Å². The van der Waals surface area contributed by atoms with Crippen molar-refractivity contribution in [2.45, 2.75) is 38.5 Å². The van der Waals surface area contributed by atoms with Gasteiger partial charge in [-0.15, -0.1) is 11.3 Å². The van der Waals surface area contributed by atoms with Gasteiger partial charge in [0.15, 0.2) is 0 Å². The molecule has 2 nitrogen and oxygen atoms in total. The van der Waals surface area contributed by atoms with E-state index in [2.05, 4.69) is 221 Å². The Balaban J connectivity index is 1.04. The molecule has 0 saturated carbocycles. The highest BCUT2D eigenvalue weighted by atomic mass is 32.1. The molecule has 0 N–H and O–H groups in total. The fourth-order valence-corrected chi connectivity index (χ4v) is 12.2. The van der Waals surface area contributed by atoms with Gasteiger partial charge in [-0.05, 0) is 140 Å². The molecule has 0 amide bonds. The Labute approximate surface area is 371 Å². The molecule has 0 fully saturated rings. The second-order valence-corrected chi connectivity index (χ2v) is 19.6. The van der Waals surface area contributed by atoms with Crippen molar-refractivity contribution in [2.24, 2.45) is 0 Å². The summed E-state index contributed by atoms with van der Waals surface area (Å²) < 4.78 is 9.30. The number of hydrogen-bond acceptors (Lipinski definition) is 3. The summed E-state index contributed by atoms with van der Waals surface area (Å²) in [5.74, 6) is 0. The molecule has 2 aliphatic carbocycles. The van der Waals surface area contributed by atoms with Crippen molar-refractivity contribution in [1.29, 1.82) is 0 Å². The van der Waals surface area contributed by atoms with E-state index in [0.29, 0.717) is 0 Å². The molecule has 300 valence electrons. The minimum absolute atomic E-state index is 0.0641. The van der Waals surface area contributed by atoms with Gasteiger partial charge < -0.3 is 9.32 Å². The Bertz CT molecular complexity index is 3700. The molecule has 2 aliphatic rings. The van der Waals surface area contributed by atoms with Gasteiger partial charge in [0.05, 0.1) is 0 Å². The SMILES string of the molecule is CC1(C)c2ccccc2-c2cc(-c3cc(N(c4ccc5oc6cc7c(cc6c5c4)-c4ccccc4C7(C)C)c4ccc5sc6ccccc6c5c4)ccc3-c3ccccc3)ccc21. The van der Waals surface area contributed by atoms with Crippen LogP contribution in [0.15, 0.2) is 192 Å². The molecular weight excluding hydrogens is 783 g/mol. The molecule has 0 atom stereocenters. The third-order valence-corrected chi connectivity index (χ3v) is 15.4.